The van der Waals surface area contributed by atoms with Gasteiger partial charge in [0.15, 0.2) is 10.9 Å². The Kier molecular flexibility index (Phi) is 6.18. The van der Waals surface area contributed by atoms with Gasteiger partial charge in [-0.05, 0) is 36.8 Å². The number of benzene rings is 2. The fourth-order valence-corrected chi connectivity index (χ4v) is 4.28. The molecule has 0 aliphatic rings. The summed E-state index contributed by atoms with van der Waals surface area (Å²) in [6.45, 7) is 1.83. The van der Waals surface area contributed by atoms with Gasteiger partial charge < -0.3 is 19.0 Å². The quantitative estimate of drug-likeness (QED) is 0.383. The minimum atomic E-state index is -0.988. The Morgan fingerprint density at radius 3 is 2.25 bits per heavy atom. The first kappa shape index (κ1) is 21.5. The Balaban J connectivity index is 1.92. The van der Waals surface area contributed by atoms with E-state index in [9.17, 15) is 9.90 Å². The fraction of sp³-hybridized carbons (Fsp3) is 0.174. The van der Waals surface area contributed by atoms with Crippen LogP contribution in [0.3, 0.4) is 0 Å². The maximum absolute atomic E-state index is 12.1. The lowest BCUT2D eigenvalue weighted by molar-refractivity contribution is -0.136. The van der Waals surface area contributed by atoms with Crippen molar-refractivity contribution in [3.05, 3.63) is 72.0 Å². The largest absolute Gasteiger partial charge is 0.494 e. The monoisotopic (exact) mass is 451 g/mol. The molecule has 0 saturated carbocycles. The van der Waals surface area contributed by atoms with Crippen molar-refractivity contribution in [1.82, 2.24) is 14.8 Å². The van der Waals surface area contributed by atoms with E-state index in [0.29, 0.717) is 45.3 Å². The first-order chi connectivity index (χ1) is 15.5. The summed E-state index contributed by atoms with van der Waals surface area (Å²) in [5, 5.41) is 18.0. The Bertz CT molecular complexity index is 1210. The van der Waals surface area contributed by atoms with Crippen molar-refractivity contribution < 1.29 is 23.8 Å². The molecule has 2 aromatic carbocycles. The summed E-state index contributed by atoms with van der Waals surface area (Å²) < 4.78 is 18.7. The molecule has 0 spiro atoms. The second-order valence-corrected chi connectivity index (χ2v) is 7.88. The molecule has 2 aromatic heterocycles. The first-order valence-electron chi connectivity index (χ1n) is 9.71. The first-order valence-corrected chi connectivity index (χ1v) is 10.6. The SMILES string of the molecule is COc1cccc(OC)c1-n1c(SC(C(=O)O)c2ccccc2)nnc1-c1ccc(C)o1. The van der Waals surface area contributed by atoms with Crippen molar-refractivity contribution in [3.8, 4) is 28.8 Å². The van der Waals surface area contributed by atoms with Gasteiger partial charge >= 0.3 is 5.97 Å². The van der Waals surface area contributed by atoms with Crippen molar-refractivity contribution >= 4 is 17.7 Å². The predicted octanol–water partition coefficient (Wildman–Crippen LogP) is 4.77. The molecule has 0 aliphatic carbocycles. The number of furan rings is 1. The van der Waals surface area contributed by atoms with Crippen LogP contribution in [0.2, 0.25) is 0 Å². The van der Waals surface area contributed by atoms with E-state index in [2.05, 4.69) is 10.2 Å². The van der Waals surface area contributed by atoms with Crippen LogP contribution in [-0.2, 0) is 4.79 Å². The third-order valence-electron chi connectivity index (χ3n) is 4.77. The molecule has 0 amide bonds. The van der Waals surface area contributed by atoms with Crippen LogP contribution in [0.15, 0.2) is 70.2 Å². The van der Waals surface area contributed by atoms with E-state index in [1.165, 1.54) is 0 Å². The van der Waals surface area contributed by atoms with Gasteiger partial charge in [0.25, 0.3) is 0 Å². The van der Waals surface area contributed by atoms with E-state index >= 15 is 0 Å². The second kappa shape index (κ2) is 9.19. The number of aliphatic carboxylic acids is 1. The lowest BCUT2D eigenvalue weighted by Crippen LogP contribution is -2.10. The Morgan fingerprint density at radius 2 is 1.69 bits per heavy atom. The number of rotatable bonds is 8. The van der Waals surface area contributed by atoms with Crippen LogP contribution in [0.5, 0.6) is 11.5 Å². The highest BCUT2D eigenvalue weighted by molar-refractivity contribution is 8.00. The summed E-state index contributed by atoms with van der Waals surface area (Å²) in [7, 11) is 3.10. The van der Waals surface area contributed by atoms with Crippen LogP contribution in [-0.4, -0.2) is 40.1 Å². The second-order valence-electron chi connectivity index (χ2n) is 6.81. The van der Waals surface area contributed by atoms with Gasteiger partial charge in [-0.25, -0.2) is 0 Å². The Morgan fingerprint density at radius 1 is 1.00 bits per heavy atom. The van der Waals surface area contributed by atoms with Crippen molar-refractivity contribution in [2.45, 2.75) is 17.3 Å². The number of thioether (sulfide) groups is 1. The van der Waals surface area contributed by atoms with E-state index in [1.54, 1.807) is 67.3 Å². The normalized spacial score (nSPS) is 11.8. The zero-order chi connectivity index (χ0) is 22.7. The summed E-state index contributed by atoms with van der Waals surface area (Å²) in [6.07, 6.45) is 0. The molecule has 0 radical (unpaired) electrons. The minimum Gasteiger partial charge on any atom is -0.494 e. The van der Waals surface area contributed by atoms with Crippen molar-refractivity contribution in [3.63, 3.8) is 0 Å². The van der Waals surface area contributed by atoms with E-state index in [-0.39, 0.29) is 0 Å². The highest BCUT2D eigenvalue weighted by atomic mass is 32.2. The standard InChI is InChI=1S/C23H21N3O5S/c1-14-12-13-18(31-14)21-24-25-23(32-20(22(27)28)15-8-5-4-6-9-15)26(21)19-16(29-2)10-7-11-17(19)30-3/h4-13,20H,1-3H3,(H,27,28). The molecule has 1 unspecified atom stereocenters. The molecule has 2 heterocycles. The van der Waals surface area contributed by atoms with Crippen LogP contribution in [0.25, 0.3) is 17.3 Å². The molecule has 4 rings (SSSR count). The third-order valence-corrected chi connectivity index (χ3v) is 5.95. The summed E-state index contributed by atoms with van der Waals surface area (Å²) in [5.74, 6) is 1.65. The molecule has 4 aromatic rings. The molecular weight excluding hydrogens is 430 g/mol. The topological polar surface area (TPSA) is 99.6 Å². The maximum Gasteiger partial charge on any atom is 0.321 e. The van der Waals surface area contributed by atoms with E-state index in [4.69, 9.17) is 13.9 Å². The summed E-state index contributed by atoms with van der Waals surface area (Å²) in [6, 6.07) is 18.0. The van der Waals surface area contributed by atoms with Gasteiger partial charge in [-0.2, -0.15) is 0 Å². The van der Waals surface area contributed by atoms with Gasteiger partial charge in [-0.15, -0.1) is 10.2 Å². The number of hydrogen-bond donors (Lipinski definition) is 1. The highest BCUT2D eigenvalue weighted by Gasteiger charge is 2.29. The van der Waals surface area contributed by atoms with Crippen molar-refractivity contribution in [2.75, 3.05) is 14.2 Å². The van der Waals surface area contributed by atoms with Crippen LogP contribution in [0.4, 0.5) is 0 Å². The molecule has 164 valence electrons. The van der Waals surface area contributed by atoms with Gasteiger partial charge in [0.2, 0.25) is 5.82 Å². The number of para-hydroxylation sites is 1. The van der Waals surface area contributed by atoms with Gasteiger partial charge in [0, 0.05) is 0 Å². The van der Waals surface area contributed by atoms with Gasteiger partial charge in [0.05, 0.1) is 14.2 Å². The smallest absolute Gasteiger partial charge is 0.321 e. The van der Waals surface area contributed by atoms with Gasteiger partial charge in [-0.3, -0.25) is 9.36 Å². The van der Waals surface area contributed by atoms with E-state index in [1.807, 2.05) is 19.1 Å². The lowest BCUT2D eigenvalue weighted by Gasteiger charge is -2.18. The van der Waals surface area contributed by atoms with E-state index in [0.717, 1.165) is 11.8 Å². The van der Waals surface area contributed by atoms with Crippen LogP contribution in [0, 0.1) is 6.92 Å². The molecule has 0 aliphatic heterocycles. The van der Waals surface area contributed by atoms with Crippen molar-refractivity contribution in [1.29, 1.82) is 0 Å². The summed E-state index contributed by atoms with van der Waals surface area (Å²) in [5.41, 5.74) is 1.19. The molecule has 1 N–H and O–H groups in total. The van der Waals surface area contributed by atoms with Crippen LogP contribution < -0.4 is 9.47 Å². The highest BCUT2D eigenvalue weighted by Crippen LogP contribution is 2.42. The number of ether oxygens (including phenoxy) is 2. The number of aryl methyl sites for hydroxylation is 1. The van der Waals surface area contributed by atoms with Crippen molar-refractivity contribution in [2.24, 2.45) is 0 Å². The molecule has 9 heteroatoms. The Hall–Kier alpha value is -3.72. The zero-order valence-corrected chi connectivity index (χ0v) is 18.5. The van der Waals surface area contributed by atoms with Gasteiger partial charge in [-0.1, -0.05) is 48.2 Å². The maximum atomic E-state index is 12.1. The van der Waals surface area contributed by atoms with E-state index < -0.39 is 11.2 Å². The summed E-state index contributed by atoms with van der Waals surface area (Å²) >= 11 is 1.07. The number of carbonyl (C=O) groups is 1. The number of aromatic nitrogens is 3. The molecule has 0 fully saturated rings. The van der Waals surface area contributed by atoms with Crippen LogP contribution >= 0.6 is 11.8 Å². The number of hydrogen-bond acceptors (Lipinski definition) is 7. The number of methoxy groups -OCH3 is 2. The third kappa shape index (κ3) is 4.06. The van der Waals surface area contributed by atoms with Crippen LogP contribution in [0.1, 0.15) is 16.6 Å². The lowest BCUT2D eigenvalue weighted by atomic mass is 10.1. The minimum absolute atomic E-state index is 0.355. The fourth-order valence-electron chi connectivity index (χ4n) is 3.31. The van der Waals surface area contributed by atoms with Gasteiger partial charge in [0.1, 0.15) is 28.2 Å². The molecule has 8 nitrogen and oxygen atoms in total. The molecule has 0 bridgehead atoms. The average Bonchev–Trinajstić information content (AvgIpc) is 3.42. The number of nitrogens with zero attached hydrogens (tertiary/aromatic N) is 3. The molecular formula is C23H21N3O5S. The molecule has 0 saturated heterocycles. The number of carboxylic acids is 1. The number of carboxylic acid groups (broad SMARTS) is 1. The zero-order valence-electron chi connectivity index (χ0n) is 17.7. The molecule has 32 heavy (non-hydrogen) atoms. The Labute approximate surface area is 188 Å². The average molecular weight is 452 g/mol. The predicted molar refractivity (Wildman–Crippen MR) is 120 cm³/mol. The molecule has 1 atom stereocenters. The summed E-state index contributed by atoms with van der Waals surface area (Å²) in [4.78, 5) is 12.1.